The SMILES string of the molecule is Cc1ccc(NS(=O)(=O)c2ccc(OCC(=O)Nc3c(C)cccc3C(C)C)cc2)cc1Cl. The Morgan fingerprint density at radius 3 is 2.33 bits per heavy atom. The molecule has 6 nitrogen and oxygen atoms in total. The third-order valence-corrected chi connectivity index (χ3v) is 6.92. The van der Waals surface area contributed by atoms with Gasteiger partial charge >= 0.3 is 0 Å². The Balaban J connectivity index is 1.63. The zero-order chi connectivity index (χ0) is 24.2. The summed E-state index contributed by atoms with van der Waals surface area (Å²) in [6, 6.07) is 16.7. The van der Waals surface area contributed by atoms with Crippen LogP contribution in [0.5, 0.6) is 5.75 Å². The van der Waals surface area contributed by atoms with Crippen molar-refractivity contribution in [1.29, 1.82) is 0 Å². The fourth-order valence-electron chi connectivity index (χ4n) is 3.25. The lowest BCUT2D eigenvalue weighted by molar-refractivity contribution is -0.118. The standard InChI is InChI=1S/C25H27ClN2O4S/c1-16(2)22-7-5-6-18(4)25(22)27-24(29)15-32-20-10-12-21(13-11-20)33(30,31)28-19-9-8-17(3)23(26)14-19/h5-14,16,28H,15H2,1-4H3,(H,27,29). The van der Waals surface area contributed by atoms with E-state index < -0.39 is 10.0 Å². The second-order valence-corrected chi connectivity index (χ2v) is 10.2. The molecule has 8 heteroatoms. The van der Waals surface area contributed by atoms with Crippen LogP contribution in [0.1, 0.15) is 36.5 Å². The topological polar surface area (TPSA) is 84.5 Å². The fraction of sp³-hybridized carbons (Fsp3) is 0.240. The predicted molar refractivity (Wildman–Crippen MR) is 133 cm³/mol. The molecule has 3 aromatic carbocycles. The van der Waals surface area contributed by atoms with Crippen molar-refractivity contribution >= 4 is 38.9 Å². The Labute approximate surface area is 200 Å². The second kappa shape index (κ2) is 10.3. The van der Waals surface area contributed by atoms with Crippen molar-refractivity contribution in [3.63, 3.8) is 0 Å². The van der Waals surface area contributed by atoms with Gasteiger partial charge in [-0.1, -0.05) is 49.7 Å². The molecule has 0 saturated carbocycles. The quantitative estimate of drug-likeness (QED) is 0.415. The molecule has 0 aromatic heterocycles. The number of para-hydroxylation sites is 1. The van der Waals surface area contributed by atoms with Crippen molar-refractivity contribution in [2.24, 2.45) is 0 Å². The number of amides is 1. The molecule has 0 atom stereocenters. The third-order valence-electron chi connectivity index (χ3n) is 5.12. The molecule has 2 N–H and O–H groups in total. The Morgan fingerprint density at radius 1 is 1.00 bits per heavy atom. The highest BCUT2D eigenvalue weighted by molar-refractivity contribution is 7.92. The number of carbonyl (C=O) groups excluding carboxylic acids is 1. The summed E-state index contributed by atoms with van der Waals surface area (Å²) in [5.74, 6) is 0.359. The minimum Gasteiger partial charge on any atom is -0.484 e. The molecule has 0 heterocycles. The summed E-state index contributed by atoms with van der Waals surface area (Å²) >= 11 is 6.07. The summed E-state index contributed by atoms with van der Waals surface area (Å²) < 4.78 is 33.3. The van der Waals surface area contributed by atoms with Crippen LogP contribution in [-0.2, 0) is 14.8 Å². The van der Waals surface area contributed by atoms with Gasteiger partial charge in [-0.25, -0.2) is 8.42 Å². The number of benzene rings is 3. The van der Waals surface area contributed by atoms with E-state index in [1.54, 1.807) is 18.2 Å². The molecular weight excluding hydrogens is 460 g/mol. The van der Waals surface area contributed by atoms with Gasteiger partial charge in [-0.15, -0.1) is 0 Å². The van der Waals surface area contributed by atoms with Gasteiger partial charge in [0.25, 0.3) is 15.9 Å². The highest BCUT2D eigenvalue weighted by Crippen LogP contribution is 2.27. The minimum atomic E-state index is -3.79. The average molecular weight is 487 g/mol. The molecule has 0 bridgehead atoms. The maximum absolute atomic E-state index is 12.6. The molecule has 0 aliphatic rings. The highest BCUT2D eigenvalue weighted by Gasteiger charge is 2.16. The smallest absolute Gasteiger partial charge is 0.262 e. The van der Waals surface area contributed by atoms with Gasteiger partial charge in [0.15, 0.2) is 6.61 Å². The molecule has 1 amide bonds. The van der Waals surface area contributed by atoms with E-state index in [0.29, 0.717) is 16.5 Å². The Hall–Kier alpha value is -3.03. The maximum atomic E-state index is 12.6. The van der Waals surface area contributed by atoms with Crippen molar-refractivity contribution in [3.8, 4) is 5.75 Å². The van der Waals surface area contributed by atoms with E-state index in [2.05, 4.69) is 23.9 Å². The van der Waals surface area contributed by atoms with Crippen LogP contribution >= 0.6 is 11.6 Å². The van der Waals surface area contributed by atoms with E-state index in [4.69, 9.17) is 16.3 Å². The first-order valence-corrected chi connectivity index (χ1v) is 12.3. The number of anilines is 2. The average Bonchev–Trinajstić information content (AvgIpc) is 2.76. The predicted octanol–water partition coefficient (Wildman–Crippen LogP) is 5.90. The Morgan fingerprint density at radius 2 is 1.70 bits per heavy atom. The van der Waals surface area contributed by atoms with E-state index in [0.717, 1.165) is 22.4 Å². The third kappa shape index (κ3) is 6.27. The van der Waals surface area contributed by atoms with Crippen molar-refractivity contribution in [3.05, 3.63) is 82.4 Å². The van der Waals surface area contributed by atoms with Crippen LogP contribution in [0.25, 0.3) is 0 Å². The molecular formula is C25H27ClN2O4S. The molecule has 33 heavy (non-hydrogen) atoms. The lowest BCUT2D eigenvalue weighted by Crippen LogP contribution is -2.21. The van der Waals surface area contributed by atoms with Crippen LogP contribution in [0.3, 0.4) is 0 Å². The largest absolute Gasteiger partial charge is 0.484 e. The number of ether oxygens (including phenoxy) is 1. The molecule has 3 aromatic rings. The van der Waals surface area contributed by atoms with Crippen molar-refractivity contribution < 1.29 is 17.9 Å². The first kappa shape index (κ1) is 24.6. The Bertz CT molecular complexity index is 1260. The zero-order valence-electron chi connectivity index (χ0n) is 19.0. The summed E-state index contributed by atoms with van der Waals surface area (Å²) in [7, 11) is -3.79. The van der Waals surface area contributed by atoms with Crippen LogP contribution in [0, 0.1) is 13.8 Å². The normalized spacial score (nSPS) is 11.3. The summed E-state index contributed by atoms with van der Waals surface area (Å²) in [6.45, 7) is 7.72. The van der Waals surface area contributed by atoms with Gasteiger partial charge in [0.1, 0.15) is 5.75 Å². The lowest BCUT2D eigenvalue weighted by atomic mass is 9.98. The summed E-state index contributed by atoms with van der Waals surface area (Å²) in [5.41, 5.74) is 4.06. The first-order chi connectivity index (χ1) is 15.6. The molecule has 0 fully saturated rings. The van der Waals surface area contributed by atoms with Crippen LogP contribution in [-0.4, -0.2) is 20.9 Å². The van der Waals surface area contributed by atoms with Crippen molar-refractivity contribution in [2.75, 3.05) is 16.6 Å². The van der Waals surface area contributed by atoms with Gasteiger partial charge in [0.2, 0.25) is 0 Å². The number of sulfonamides is 1. The second-order valence-electron chi connectivity index (χ2n) is 8.07. The molecule has 0 unspecified atom stereocenters. The number of halogens is 1. The van der Waals surface area contributed by atoms with Gasteiger partial charge in [0, 0.05) is 10.7 Å². The maximum Gasteiger partial charge on any atom is 0.262 e. The fourth-order valence-corrected chi connectivity index (χ4v) is 4.48. The number of rotatable bonds is 8. The van der Waals surface area contributed by atoms with Crippen molar-refractivity contribution in [2.45, 2.75) is 38.5 Å². The molecule has 0 spiro atoms. The zero-order valence-corrected chi connectivity index (χ0v) is 20.5. The molecule has 0 aliphatic heterocycles. The van der Waals surface area contributed by atoms with Crippen LogP contribution in [0.2, 0.25) is 5.02 Å². The van der Waals surface area contributed by atoms with Crippen LogP contribution < -0.4 is 14.8 Å². The molecule has 3 rings (SSSR count). The molecule has 0 aliphatic carbocycles. The minimum absolute atomic E-state index is 0.0671. The Kier molecular flexibility index (Phi) is 7.66. The number of nitrogens with one attached hydrogen (secondary N) is 2. The number of carbonyl (C=O) groups is 1. The van der Waals surface area contributed by atoms with Gasteiger partial charge < -0.3 is 10.1 Å². The van der Waals surface area contributed by atoms with Gasteiger partial charge in [-0.3, -0.25) is 9.52 Å². The monoisotopic (exact) mass is 486 g/mol. The van der Waals surface area contributed by atoms with E-state index >= 15 is 0 Å². The number of aryl methyl sites for hydroxylation is 2. The first-order valence-electron chi connectivity index (χ1n) is 10.5. The van der Waals surface area contributed by atoms with Crippen LogP contribution in [0.15, 0.2) is 65.6 Å². The number of hydrogen-bond donors (Lipinski definition) is 2. The van der Waals surface area contributed by atoms with E-state index in [9.17, 15) is 13.2 Å². The molecule has 174 valence electrons. The van der Waals surface area contributed by atoms with E-state index in [1.165, 1.54) is 24.3 Å². The van der Waals surface area contributed by atoms with Crippen molar-refractivity contribution in [1.82, 2.24) is 0 Å². The lowest BCUT2D eigenvalue weighted by Gasteiger charge is -2.16. The molecule has 0 saturated heterocycles. The van der Waals surface area contributed by atoms with Gasteiger partial charge in [-0.2, -0.15) is 0 Å². The number of hydrogen-bond acceptors (Lipinski definition) is 4. The van der Waals surface area contributed by atoms with Crippen LogP contribution in [0.4, 0.5) is 11.4 Å². The van der Waals surface area contributed by atoms with E-state index in [-0.39, 0.29) is 23.3 Å². The summed E-state index contributed by atoms with van der Waals surface area (Å²) in [4.78, 5) is 12.5. The van der Waals surface area contributed by atoms with Gasteiger partial charge in [0.05, 0.1) is 10.6 Å². The summed E-state index contributed by atoms with van der Waals surface area (Å²) in [5, 5.41) is 3.40. The molecule has 0 radical (unpaired) electrons. The summed E-state index contributed by atoms with van der Waals surface area (Å²) in [6.07, 6.45) is 0. The van der Waals surface area contributed by atoms with Gasteiger partial charge in [-0.05, 0) is 72.9 Å². The van der Waals surface area contributed by atoms with E-state index in [1.807, 2.05) is 32.0 Å². The highest BCUT2D eigenvalue weighted by atomic mass is 35.5.